The minimum atomic E-state index is 0.0891. The van der Waals surface area contributed by atoms with Crippen molar-refractivity contribution in [3.63, 3.8) is 0 Å². The molecule has 1 atom stereocenters. The van der Waals surface area contributed by atoms with E-state index in [0.717, 1.165) is 24.0 Å². The molecule has 0 aromatic carbocycles. The number of hydrogen-bond acceptors (Lipinski definition) is 3. The summed E-state index contributed by atoms with van der Waals surface area (Å²) in [6.45, 7) is 5.81. The van der Waals surface area contributed by atoms with E-state index in [1.165, 1.54) is 25.7 Å². The first-order valence-electron chi connectivity index (χ1n) is 7.00. The van der Waals surface area contributed by atoms with E-state index >= 15 is 0 Å². The predicted molar refractivity (Wildman–Crippen MR) is 74.3 cm³/mol. The van der Waals surface area contributed by atoms with Gasteiger partial charge in [-0.15, -0.1) is 0 Å². The third-order valence-corrected chi connectivity index (χ3v) is 4.50. The van der Waals surface area contributed by atoms with Crippen LogP contribution >= 0.6 is 0 Å². The lowest BCUT2D eigenvalue weighted by Crippen LogP contribution is -2.51. The number of likely N-dealkylation sites (N-methyl/N-ethyl adjacent to an activating group) is 1. The van der Waals surface area contributed by atoms with Gasteiger partial charge >= 0.3 is 0 Å². The van der Waals surface area contributed by atoms with Crippen LogP contribution in [0.3, 0.4) is 0 Å². The molecule has 1 unspecified atom stereocenters. The van der Waals surface area contributed by atoms with Crippen LogP contribution in [0, 0.1) is 12.8 Å². The lowest BCUT2D eigenvalue weighted by molar-refractivity contribution is 0.0795. The van der Waals surface area contributed by atoms with Crippen LogP contribution in [0.15, 0.2) is 16.5 Å². The van der Waals surface area contributed by atoms with Crippen LogP contribution in [0.4, 0.5) is 0 Å². The highest BCUT2D eigenvalue weighted by atomic mass is 16.3. The largest absolute Gasteiger partial charge is 0.465 e. The Morgan fingerprint density at radius 3 is 2.61 bits per heavy atom. The average molecular weight is 250 g/mol. The van der Waals surface area contributed by atoms with Crippen molar-refractivity contribution >= 4 is 0 Å². The van der Waals surface area contributed by atoms with Crippen LogP contribution in [0.1, 0.15) is 44.1 Å². The molecular formula is C15H26N2O. The first kappa shape index (κ1) is 13.6. The zero-order valence-corrected chi connectivity index (χ0v) is 11.9. The minimum Gasteiger partial charge on any atom is -0.465 e. The van der Waals surface area contributed by atoms with Gasteiger partial charge in [-0.05, 0) is 45.4 Å². The summed E-state index contributed by atoms with van der Waals surface area (Å²) in [5.41, 5.74) is 6.11. The molecule has 102 valence electrons. The molecule has 3 heteroatoms. The van der Waals surface area contributed by atoms with Crippen LogP contribution in [0.5, 0.6) is 0 Å². The van der Waals surface area contributed by atoms with Crippen molar-refractivity contribution in [3.8, 4) is 0 Å². The number of nitrogens with two attached hydrogens (primary N) is 1. The molecule has 1 fully saturated rings. The normalized spacial score (nSPS) is 19.8. The number of furan rings is 1. The van der Waals surface area contributed by atoms with Crippen LogP contribution < -0.4 is 5.73 Å². The summed E-state index contributed by atoms with van der Waals surface area (Å²) in [5, 5.41) is 0. The topological polar surface area (TPSA) is 42.4 Å². The van der Waals surface area contributed by atoms with Gasteiger partial charge in [0.15, 0.2) is 0 Å². The van der Waals surface area contributed by atoms with Crippen LogP contribution in [-0.4, -0.2) is 24.0 Å². The summed E-state index contributed by atoms with van der Waals surface area (Å²) in [6, 6.07) is 4.08. The Kier molecular flexibility index (Phi) is 4.13. The van der Waals surface area contributed by atoms with E-state index in [1.54, 1.807) is 0 Å². The Morgan fingerprint density at radius 1 is 1.44 bits per heavy atom. The van der Waals surface area contributed by atoms with E-state index in [0.29, 0.717) is 6.54 Å². The molecule has 1 aliphatic carbocycles. The minimum absolute atomic E-state index is 0.0891. The van der Waals surface area contributed by atoms with Crippen molar-refractivity contribution < 1.29 is 4.42 Å². The fourth-order valence-corrected chi connectivity index (χ4v) is 2.71. The van der Waals surface area contributed by atoms with E-state index < -0.39 is 0 Å². The molecule has 1 saturated carbocycles. The standard InChI is InChI=1S/C15H26N2O/c1-12-7-8-14(18-12)10-17(3)15(2,11-16)9-13-5-4-6-13/h7-8,13H,4-6,9-11,16H2,1-3H3. The van der Waals surface area contributed by atoms with Crippen LogP contribution in [0.25, 0.3) is 0 Å². The molecule has 0 bridgehead atoms. The summed E-state index contributed by atoms with van der Waals surface area (Å²) in [6.07, 6.45) is 5.36. The molecule has 0 spiro atoms. The lowest BCUT2D eigenvalue weighted by Gasteiger charge is -2.42. The fourth-order valence-electron chi connectivity index (χ4n) is 2.71. The van der Waals surface area contributed by atoms with Crippen LogP contribution in [0.2, 0.25) is 0 Å². The van der Waals surface area contributed by atoms with Gasteiger partial charge in [0.1, 0.15) is 11.5 Å². The quantitative estimate of drug-likeness (QED) is 0.844. The molecule has 1 aromatic rings. The molecule has 1 heterocycles. The van der Waals surface area contributed by atoms with E-state index in [4.69, 9.17) is 10.2 Å². The highest BCUT2D eigenvalue weighted by molar-refractivity contribution is 5.06. The summed E-state index contributed by atoms with van der Waals surface area (Å²) in [4.78, 5) is 2.35. The third kappa shape index (κ3) is 2.96. The highest BCUT2D eigenvalue weighted by Crippen LogP contribution is 2.35. The van der Waals surface area contributed by atoms with Crippen molar-refractivity contribution in [3.05, 3.63) is 23.7 Å². The van der Waals surface area contributed by atoms with Gasteiger partial charge in [0.25, 0.3) is 0 Å². The van der Waals surface area contributed by atoms with E-state index in [1.807, 2.05) is 13.0 Å². The van der Waals surface area contributed by atoms with E-state index in [2.05, 4.69) is 24.9 Å². The Labute approximate surface area is 110 Å². The Bertz CT molecular complexity index is 384. The number of hydrogen-bond donors (Lipinski definition) is 1. The van der Waals surface area contributed by atoms with Crippen LogP contribution in [-0.2, 0) is 6.54 Å². The molecule has 1 aliphatic rings. The van der Waals surface area contributed by atoms with Crippen molar-refractivity contribution in [1.29, 1.82) is 0 Å². The summed E-state index contributed by atoms with van der Waals surface area (Å²) in [7, 11) is 2.16. The molecule has 3 nitrogen and oxygen atoms in total. The number of rotatable bonds is 6. The first-order valence-corrected chi connectivity index (χ1v) is 7.00. The van der Waals surface area contributed by atoms with E-state index in [9.17, 15) is 0 Å². The maximum atomic E-state index is 6.02. The number of aryl methyl sites for hydroxylation is 1. The van der Waals surface area contributed by atoms with Gasteiger partial charge in [-0.25, -0.2) is 0 Å². The Balaban J connectivity index is 1.96. The molecule has 0 radical (unpaired) electrons. The second-order valence-electron chi connectivity index (χ2n) is 6.07. The lowest BCUT2D eigenvalue weighted by atomic mass is 9.76. The molecule has 18 heavy (non-hydrogen) atoms. The second-order valence-corrected chi connectivity index (χ2v) is 6.07. The monoisotopic (exact) mass is 250 g/mol. The maximum absolute atomic E-state index is 6.02. The Hall–Kier alpha value is -0.800. The van der Waals surface area contributed by atoms with Crippen molar-refractivity contribution in [1.82, 2.24) is 4.90 Å². The van der Waals surface area contributed by atoms with Gasteiger partial charge in [0.2, 0.25) is 0 Å². The van der Waals surface area contributed by atoms with Crippen molar-refractivity contribution in [2.75, 3.05) is 13.6 Å². The molecule has 2 N–H and O–H groups in total. The zero-order valence-electron chi connectivity index (χ0n) is 11.9. The highest BCUT2D eigenvalue weighted by Gasteiger charge is 2.33. The smallest absolute Gasteiger partial charge is 0.118 e. The first-order chi connectivity index (χ1) is 8.53. The Morgan fingerprint density at radius 2 is 2.17 bits per heavy atom. The molecule has 0 amide bonds. The molecule has 0 aliphatic heterocycles. The van der Waals surface area contributed by atoms with Gasteiger partial charge in [0.05, 0.1) is 6.54 Å². The fraction of sp³-hybridized carbons (Fsp3) is 0.733. The van der Waals surface area contributed by atoms with Crippen molar-refractivity contribution in [2.45, 2.75) is 51.6 Å². The SMILES string of the molecule is Cc1ccc(CN(C)C(C)(CN)CC2CCC2)o1. The van der Waals surface area contributed by atoms with E-state index in [-0.39, 0.29) is 5.54 Å². The van der Waals surface area contributed by atoms with Gasteiger partial charge in [0, 0.05) is 12.1 Å². The summed E-state index contributed by atoms with van der Waals surface area (Å²) in [5.74, 6) is 2.88. The van der Waals surface area contributed by atoms with Crippen molar-refractivity contribution in [2.24, 2.45) is 11.7 Å². The van der Waals surface area contributed by atoms with Gasteiger partial charge in [-0.3, -0.25) is 4.90 Å². The predicted octanol–water partition coefficient (Wildman–Crippen LogP) is 2.93. The van der Waals surface area contributed by atoms with Gasteiger partial charge in [-0.2, -0.15) is 0 Å². The second kappa shape index (κ2) is 5.45. The number of nitrogens with zero attached hydrogens (tertiary/aromatic N) is 1. The third-order valence-electron chi connectivity index (χ3n) is 4.50. The summed E-state index contributed by atoms with van der Waals surface area (Å²) >= 11 is 0. The molecule has 2 rings (SSSR count). The zero-order chi connectivity index (χ0) is 13.2. The molecular weight excluding hydrogens is 224 g/mol. The molecule has 1 aromatic heterocycles. The maximum Gasteiger partial charge on any atom is 0.118 e. The van der Waals surface area contributed by atoms with Gasteiger partial charge in [-0.1, -0.05) is 19.3 Å². The van der Waals surface area contributed by atoms with Gasteiger partial charge < -0.3 is 10.2 Å². The summed E-state index contributed by atoms with van der Waals surface area (Å²) < 4.78 is 5.66. The molecule has 0 saturated heterocycles. The average Bonchev–Trinajstić information content (AvgIpc) is 2.69.